The number of nitrogens with two attached hydrogens (primary N) is 1. The molecule has 1 aromatic rings. The van der Waals surface area contributed by atoms with Gasteiger partial charge in [-0.25, -0.2) is 0 Å². The number of anilines is 1. The summed E-state index contributed by atoms with van der Waals surface area (Å²) < 4.78 is 0. The number of nitrogen functional groups attached to an aromatic ring is 1. The third-order valence-corrected chi connectivity index (χ3v) is 3.78. The van der Waals surface area contributed by atoms with Crippen LogP contribution >= 0.6 is 0 Å². The van der Waals surface area contributed by atoms with Crippen LogP contribution in [0.5, 0.6) is 0 Å². The molecule has 1 saturated heterocycles. The van der Waals surface area contributed by atoms with Gasteiger partial charge in [0, 0.05) is 25.8 Å². The van der Waals surface area contributed by atoms with Crippen LogP contribution in [0.3, 0.4) is 0 Å². The highest BCUT2D eigenvalue weighted by Crippen LogP contribution is 2.30. The number of aromatic nitrogens is 1. The van der Waals surface area contributed by atoms with Gasteiger partial charge >= 0.3 is 0 Å². The maximum absolute atomic E-state index is 12.2. The van der Waals surface area contributed by atoms with E-state index in [4.69, 9.17) is 5.73 Å². The van der Waals surface area contributed by atoms with Crippen molar-refractivity contribution in [1.29, 1.82) is 0 Å². The van der Waals surface area contributed by atoms with Crippen molar-refractivity contribution in [2.45, 2.75) is 19.8 Å². The van der Waals surface area contributed by atoms with Gasteiger partial charge in [0.05, 0.1) is 23.7 Å². The van der Waals surface area contributed by atoms with Crippen LogP contribution in [0.1, 0.15) is 19.0 Å². The average molecular weight is 276 g/mol. The summed E-state index contributed by atoms with van der Waals surface area (Å²) >= 11 is 0. The van der Waals surface area contributed by atoms with Crippen molar-refractivity contribution in [3.8, 4) is 0 Å². The highest BCUT2D eigenvalue weighted by Gasteiger charge is 2.41. The van der Waals surface area contributed by atoms with Crippen molar-refractivity contribution < 1.29 is 9.59 Å². The number of rotatable bonds is 3. The van der Waals surface area contributed by atoms with E-state index in [-0.39, 0.29) is 18.2 Å². The Morgan fingerprint density at radius 2 is 2.25 bits per heavy atom. The number of likely N-dealkylation sites (tertiary alicyclic amines) is 1. The Hall–Kier alpha value is -2.11. The monoisotopic (exact) mass is 276 g/mol. The van der Waals surface area contributed by atoms with Gasteiger partial charge in [-0.05, 0) is 25.5 Å². The van der Waals surface area contributed by atoms with Crippen LogP contribution in [0.15, 0.2) is 18.3 Å². The maximum Gasteiger partial charge on any atom is 0.228 e. The molecular formula is C14H20N4O2. The number of pyridine rings is 1. The van der Waals surface area contributed by atoms with E-state index in [0.717, 1.165) is 0 Å². The predicted molar refractivity (Wildman–Crippen MR) is 75.7 cm³/mol. The molecule has 108 valence electrons. The highest BCUT2D eigenvalue weighted by molar-refractivity contribution is 5.85. The molecule has 0 radical (unpaired) electrons. The molecule has 3 N–H and O–H groups in total. The normalized spacial score (nSPS) is 21.8. The van der Waals surface area contributed by atoms with Gasteiger partial charge in [-0.3, -0.25) is 14.6 Å². The summed E-state index contributed by atoms with van der Waals surface area (Å²) in [4.78, 5) is 29.9. The second-order valence-electron chi connectivity index (χ2n) is 5.46. The molecule has 0 spiro atoms. The van der Waals surface area contributed by atoms with Gasteiger partial charge in [0.2, 0.25) is 11.8 Å². The third kappa shape index (κ3) is 2.89. The largest absolute Gasteiger partial charge is 0.397 e. The molecule has 6 heteroatoms. The van der Waals surface area contributed by atoms with Crippen LogP contribution in [0, 0.1) is 5.41 Å². The molecule has 2 amide bonds. The number of carbonyl (C=O) groups excluding carboxylic acids is 2. The van der Waals surface area contributed by atoms with Crippen LogP contribution in [0.4, 0.5) is 5.69 Å². The smallest absolute Gasteiger partial charge is 0.228 e. The molecular weight excluding hydrogens is 256 g/mol. The standard InChI is InChI=1S/C14H20N4O2/c1-14(13(20)16-2)5-6-18(9-14)12(19)7-11-4-3-10(15)8-17-11/h3-4,8H,5-7,9,15H2,1-2H3,(H,16,20). The first-order valence-electron chi connectivity index (χ1n) is 6.65. The molecule has 0 aromatic carbocycles. The molecule has 1 fully saturated rings. The Labute approximate surface area is 118 Å². The summed E-state index contributed by atoms with van der Waals surface area (Å²) in [5.74, 6) is -0.0201. The average Bonchev–Trinajstić information content (AvgIpc) is 2.84. The van der Waals surface area contributed by atoms with Crippen molar-refractivity contribution in [2.24, 2.45) is 5.41 Å². The molecule has 20 heavy (non-hydrogen) atoms. The number of nitrogens with one attached hydrogen (secondary N) is 1. The van der Waals surface area contributed by atoms with Crippen LogP contribution in [0.2, 0.25) is 0 Å². The minimum absolute atomic E-state index is 0.00472. The van der Waals surface area contributed by atoms with E-state index in [9.17, 15) is 9.59 Å². The highest BCUT2D eigenvalue weighted by atomic mass is 16.2. The Balaban J connectivity index is 1.98. The Bertz CT molecular complexity index is 514. The van der Waals surface area contributed by atoms with E-state index in [1.165, 1.54) is 0 Å². The van der Waals surface area contributed by atoms with E-state index in [1.54, 1.807) is 30.3 Å². The fourth-order valence-electron chi connectivity index (χ4n) is 2.47. The zero-order valence-corrected chi connectivity index (χ0v) is 11.8. The maximum atomic E-state index is 12.2. The van der Waals surface area contributed by atoms with Gasteiger partial charge < -0.3 is 16.0 Å². The SMILES string of the molecule is CNC(=O)C1(C)CCN(C(=O)Cc2ccc(N)cn2)C1. The van der Waals surface area contributed by atoms with Gasteiger partial charge in [-0.15, -0.1) is 0 Å². The lowest BCUT2D eigenvalue weighted by atomic mass is 9.89. The van der Waals surface area contributed by atoms with Crippen molar-refractivity contribution >= 4 is 17.5 Å². The Kier molecular flexibility index (Phi) is 3.92. The third-order valence-electron chi connectivity index (χ3n) is 3.78. The fourth-order valence-corrected chi connectivity index (χ4v) is 2.47. The second kappa shape index (κ2) is 5.48. The molecule has 0 saturated carbocycles. The fraction of sp³-hybridized carbons (Fsp3) is 0.500. The summed E-state index contributed by atoms with van der Waals surface area (Å²) in [5.41, 5.74) is 6.35. The molecule has 1 aromatic heterocycles. The van der Waals surface area contributed by atoms with Crippen LogP contribution < -0.4 is 11.1 Å². The zero-order valence-electron chi connectivity index (χ0n) is 11.8. The minimum atomic E-state index is -0.487. The van der Waals surface area contributed by atoms with E-state index in [2.05, 4.69) is 10.3 Å². The van der Waals surface area contributed by atoms with Gasteiger partial charge in [0.25, 0.3) is 0 Å². The number of amides is 2. The van der Waals surface area contributed by atoms with E-state index < -0.39 is 5.41 Å². The lowest BCUT2D eigenvalue weighted by Gasteiger charge is -2.22. The summed E-state index contributed by atoms with van der Waals surface area (Å²) in [6, 6.07) is 3.48. The Morgan fingerprint density at radius 1 is 1.50 bits per heavy atom. The zero-order chi connectivity index (χ0) is 14.8. The molecule has 1 aliphatic rings. The second-order valence-corrected chi connectivity index (χ2v) is 5.46. The van der Waals surface area contributed by atoms with Crippen molar-refractivity contribution in [1.82, 2.24) is 15.2 Å². The first kappa shape index (κ1) is 14.3. The quantitative estimate of drug-likeness (QED) is 0.825. The van der Waals surface area contributed by atoms with Crippen molar-refractivity contribution in [3.63, 3.8) is 0 Å². The van der Waals surface area contributed by atoms with Crippen molar-refractivity contribution in [3.05, 3.63) is 24.0 Å². The Morgan fingerprint density at radius 3 is 2.85 bits per heavy atom. The van der Waals surface area contributed by atoms with Crippen LogP contribution in [-0.4, -0.2) is 41.8 Å². The van der Waals surface area contributed by atoms with E-state index in [1.807, 2.05) is 6.92 Å². The van der Waals surface area contributed by atoms with E-state index >= 15 is 0 Å². The van der Waals surface area contributed by atoms with Crippen molar-refractivity contribution in [2.75, 3.05) is 25.9 Å². The van der Waals surface area contributed by atoms with Gasteiger partial charge in [-0.2, -0.15) is 0 Å². The summed E-state index contributed by atoms with van der Waals surface area (Å²) in [7, 11) is 1.62. The first-order valence-corrected chi connectivity index (χ1v) is 6.65. The minimum Gasteiger partial charge on any atom is -0.397 e. The first-order chi connectivity index (χ1) is 9.44. The summed E-state index contributed by atoms with van der Waals surface area (Å²) in [6.07, 6.45) is 2.47. The summed E-state index contributed by atoms with van der Waals surface area (Å²) in [6.45, 7) is 2.96. The van der Waals surface area contributed by atoms with Crippen LogP contribution in [0.25, 0.3) is 0 Å². The topological polar surface area (TPSA) is 88.3 Å². The number of nitrogens with zero attached hydrogens (tertiary/aromatic N) is 2. The number of hydrogen-bond acceptors (Lipinski definition) is 4. The number of hydrogen-bond donors (Lipinski definition) is 2. The lowest BCUT2D eigenvalue weighted by molar-refractivity contribution is -0.132. The van der Waals surface area contributed by atoms with Gasteiger partial charge in [0.15, 0.2) is 0 Å². The van der Waals surface area contributed by atoms with Gasteiger partial charge in [0.1, 0.15) is 0 Å². The summed E-state index contributed by atoms with van der Waals surface area (Å²) in [5, 5.41) is 2.66. The molecule has 6 nitrogen and oxygen atoms in total. The predicted octanol–water partition coefficient (Wildman–Crippen LogP) is 0.191. The molecule has 1 unspecified atom stereocenters. The number of carbonyl (C=O) groups is 2. The van der Waals surface area contributed by atoms with Gasteiger partial charge in [-0.1, -0.05) is 0 Å². The molecule has 2 heterocycles. The van der Waals surface area contributed by atoms with Crippen LogP contribution in [-0.2, 0) is 16.0 Å². The molecule has 0 aliphatic carbocycles. The molecule has 1 aliphatic heterocycles. The molecule has 2 rings (SSSR count). The lowest BCUT2D eigenvalue weighted by Crippen LogP contribution is -2.40. The van der Waals surface area contributed by atoms with E-state index in [0.29, 0.717) is 30.9 Å². The molecule has 1 atom stereocenters. The molecule has 0 bridgehead atoms.